The van der Waals surface area contributed by atoms with Gasteiger partial charge in [0.05, 0.1) is 0 Å². The van der Waals surface area contributed by atoms with Gasteiger partial charge in [-0.05, 0) is 47.4 Å². The molecule has 5 aromatic carbocycles. The van der Waals surface area contributed by atoms with Crippen LogP contribution in [0.4, 0.5) is 11.4 Å². The second-order valence-electron chi connectivity index (χ2n) is 12.8. The van der Waals surface area contributed by atoms with Gasteiger partial charge in [0.25, 0.3) is 5.91 Å². The fourth-order valence-corrected chi connectivity index (χ4v) is 7.11. The van der Waals surface area contributed by atoms with Crippen molar-refractivity contribution >= 4 is 17.3 Å². The molecule has 5 aromatic rings. The molecule has 0 aliphatic rings. The average molecular weight is 637 g/mol. The van der Waals surface area contributed by atoms with Crippen LogP contribution in [0.15, 0.2) is 152 Å². The highest BCUT2D eigenvalue weighted by atomic mass is 16.2. The molecule has 0 saturated carbocycles. The molecule has 0 heterocycles. The van der Waals surface area contributed by atoms with Gasteiger partial charge in [-0.25, -0.2) is 0 Å². The van der Waals surface area contributed by atoms with Crippen molar-refractivity contribution in [3.8, 4) is 0 Å². The van der Waals surface area contributed by atoms with E-state index in [4.69, 9.17) is 0 Å². The number of nitrogens with one attached hydrogen (secondary N) is 1. The molecule has 1 amide bonds. The molecule has 3 heteroatoms. The summed E-state index contributed by atoms with van der Waals surface area (Å²) in [6.07, 6.45) is 12.6. The van der Waals surface area contributed by atoms with Crippen molar-refractivity contribution in [2.24, 2.45) is 0 Å². The quantitative estimate of drug-likeness (QED) is 0.0915. The first-order valence-electron chi connectivity index (χ1n) is 18.1. The lowest BCUT2D eigenvalue weighted by Gasteiger charge is -2.49. The molecule has 0 spiro atoms. The Balaban J connectivity index is 1.58. The standard InChI is InChI=1S/C45H52N2O/c1-2-3-4-5-6-7-8-9-10-26-37-46-44(48)45(40-31-20-13-21-32-40,43(38-27-16-11-17-28-38)39-29-18-12-19-30-39)47(41-33-22-14-23-34-41)42-35-24-15-25-36-42/h11-25,27-36,43H,2-10,26,37H2,1H3,(H,46,48)/t45-/m0/s1. The zero-order valence-corrected chi connectivity index (χ0v) is 28.6. The number of rotatable bonds is 19. The molecule has 5 rings (SSSR count). The van der Waals surface area contributed by atoms with Crippen LogP contribution in [-0.4, -0.2) is 12.5 Å². The number of carbonyl (C=O) groups is 1. The van der Waals surface area contributed by atoms with Gasteiger partial charge in [-0.2, -0.15) is 0 Å². The van der Waals surface area contributed by atoms with Crippen LogP contribution in [0.25, 0.3) is 0 Å². The predicted octanol–water partition coefficient (Wildman–Crippen LogP) is 11.6. The molecule has 48 heavy (non-hydrogen) atoms. The Labute approximate surface area is 289 Å². The summed E-state index contributed by atoms with van der Waals surface area (Å²) < 4.78 is 0. The maximum Gasteiger partial charge on any atom is 0.251 e. The first-order chi connectivity index (χ1) is 23.8. The van der Waals surface area contributed by atoms with Gasteiger partial charge in [-0.1, -0.05) is 192 Å². The molecular formula is C45H52N2O. The number of nitrogens with zero attached hydrogens (tertiary/aromatic N) is 1. The van der Waals surface area contributed by atoms with E-state index in [0.717, 1.165) is 40.9 Å². The third-order valence-electron chi connectivity index (χ3n) is 9.44. The maximum absolute atomic E-state index is 15.5. The summed E-state index contributed by atoms with van der Waals surface area (Å²) in [6.45, 7) is 2.91. The lowest BCUT2D eigenvalue weighted by molar-refractivity contribution is -0.127. The van der Waals surface area contributed by atoms with Crippen molar-refractivity contribution in [2.75, 3.05) is 11.4 Å². The lowest BCUT2D eigenvalue weighted by Crippen LogP contribution is -2.59. The second-order valence-corrected chi connectivity index (χ2v) is 12.8. The summed E-state index contributed by atoms with van der Waals surface area (Å²) in [5.41, 5.74) is 3.84. The molecule has 248 valence electrons. The van der Waals surface area contributed by atoms with E-state index < -0.39 is 5.54 Å². The monoisotopic (exact) mass is 636 g/mol. The van der Waals surface area contributed by atoms with Crippen LogP contribution in [0.2, 0.25) is 0 Å². The van der Waals surface area contributed by atoms with Crippen molar-refractivity contribution in [1.29, 1.82) is 0 Å². The molecule has 0 unspecified atom stereocenters. The smallest absolute Gasteiger partial charge is 0.251 e. The zero-order valence-electron chi connectivity index (χ0n) is 28.6. The molecule has 0 radical (unpaired) electrons. The highest BCUT2D eigenvalue weighted by Gasteiger charge is 2.53. The molecule has 0 fully saturated rings. The molecule has 1 atom stereocenters. The normalized spacial score (nSPS) is 12.4. The van der Waals surface area contributed by atoms with E-state index in [9.17, 15) is 0 Å². The molecular weight excluding hydrogens is 585 g/mol. The highest BCUT2D eigenvalue weighted by Crippen LogP contribution is 2.51. The number of anilines is 2. The minimum Gasteiger partial charge on any atom is -0.354 e. The maximum atomic E-state index is 15.5. The summed E-state index contributed by atoms with van der Waals surface area (Å²) >= 11 is 0. The minimum atomic E-state index is -1.18. The van der Waals surface area contributed by atoms with Crippen LogP contribution in [0.1, 0.15) is 93.7 Å². The molecule has 0 saturated heterocycles. The minimum absolute atomic E-state index is 0.00460. The van der Waals surface area contributed by atoms with E-state index in [1.165, 1.54) is 51.4 Å². The first-order valence-corrected chi connectivity index (χ1v) is 18.1. The first kappa shape index (κ1) is 34.7. The van der Waals surface area contributed by atoms with Gasteiger partial charge in [0.2, 0.25) is 0 Å². The number of amides is 1. The number of benzene rings is 5. The predicted molar refractivity (Wildman–Crippen MR) is 203 cm³/mol. The van der Waals surface area contributed by atoms with Crippen LogP contribution < -0.4 is 10.2 Å². The Morgan fingerprint density at radius 3 is 1.33 bits per heavy atom. The number of para-hydroxylation sites is 2. The molecule has 0 aliphatic heterocycles. The van der Waals surface area contributed by atoms with E-state index in [2.05, 4.69) is 138 Å². The summed E-state index contributed by atoms with van der Waals surface area (Å²) in [7, 11) is 0. The van der Waals surface area contributed by atoms with Crippen LogP contribution >= 0.6 is 0 Å². The van der Waals surface area contributed by atoms with Gasteiger partial charge >= 0.3 is 0 Å². The zero-order chi connectivity index (χ0) is 33.3. The molecule has 0 aromatic heterocycles. The number of unbranched alkanes of at least 4 members (excludes halogenated alkanes) is 9. The highest BCUT2D eigenvalue weighted by molar-refractivity contribution is 5.96. The summed E-state index contributed by atoms with van der Waals surface area (Å²) in [6, 6.07) is 52.3. The van der Waals surface area contributed by atoms with Crippen LogP contribution in [0, 0.1) is 0 Å². The van der Waals surface area contributed by atoms with Crippen LogP contribution in [0.5, 0.6) is 0 Å². The van der Waals surface area contributed by atoms with E-state index in [0.29, 0.717) is 6.54 Å². The number of hydrogen-bond acceptors (Lipinski definition) is 2. The summed E-state index contributed by atoms with van der Waals surface area (Å²) in [4.78, 5) is 17.8. The third kappa shape index (κ3) is 8.63. The molecule has 3 nitrogen and oxygen atoms in total. The Morgan fingerprint density at radius 1 is 0.521 bits per heavy atom. The van der Waals surface area contributed by atoms with Crippen LogP contribution in [-0.2, 0) is 10.3 Å². The Morgan fingerprint density at radius 2 is 0.896 bits per heavy atom. The Hall–Kier alpha value is -4.63. The Bertz CT molecular complexity index is 1430. The van der Waals surface area contributed by atoms with E-state index >= 15 is 4.79 Å². The average Bonchev–Trinajstić information content (AvgIpc) is 3.15. The SMILES string of the molecule is CCCCCCCCCCCCNC(=O)[C@](c1ccccc1)(C(c1ccccc1)c1ccccc1)N(c1ccccc1)c1ccccc1. The van der Waals surface area contributed by atoms with Crippen molar-refractivity contribution in [3.63, 3.8) is 0 Å². The van der Waals surface area contributed by atoms with E-state index in [1.54, 1.807) is 0 Å². The fraction of sp³-hybridized carbons (Fsp3) is 0.311. The van der Waals surface area contributed by atoms with Crippen molar-refractivity contribution < 1.29 is 4.79 Å². The van der Waals surface area contributed by atoms with Crippen molar-refractivity contribution in [3.05, 3.63) is 168 Å². The molecule has 1 N–H and O–H groups in total. The molecule has 0 aliphatic carbocycles. The van der Waals surface area contributed by atoms with Crippen LogP contribution in [0.3, 0.4) is 0 Å². The third-order valence-corrected chi connectivity index (χ3v) is 9.44. The van der Waals surface area contributed by atoms with Gasteiger partial charge < -0.3 is 10.2 Å². The largest absolute Gasteiger partial charge is 0.354 e. The van der Waals surface area contributed by atoms with E-state index in [-0.39, 0.29) is 11.8 Å². The van der Waals surface area contributed by atoms with Crippen molar-refractivity contribution in [1.82, 2.24) is 5.32 Å². The second kappa shape index (κ2) is 18.6. The van der Waals surface area contributed by atoms with Gasteiger partial charge in [0, 0.05) is 23.8 Å². The van der Waals surface area contributed by atoms with Gasteiger partial charge in [-0.3, -0.25) is 4.79 Å². The van der Waals surface area contributed by atoms with Gasteiger partial charge in [0.1, 0.15) is 0 Å². The number of carbonyl (C=O) groups excluding carboxylic acids is 1. The topological polar surface area (TPSA) is 32.3 Å². The fourth-order valence-electron chi connectivity index (χ4n) is 7.11. The lowest BCUT2D eigenvalue weighted by atomic mass is 9.68. The summed E-state index contributed by atoms with van der Waals surface area (Å²) in [5.74, 6) is -0.342. The van der Waals surface area contributed by atoms with Gasteiger partial charge in [-0.15, -0.1) is 0 Å². The van der Waals surface area contributed by atoms with Gasteiger partial charge in [0.15, 0.2) is 5.54 Å². The number of hydrogen-bond donors (Lipinski definition) is 1. The summed E-state index contributed by atoms with van der Waals surface area (Å²) in [5, 5.41) is 3.51. The Kier molecular flexibility index (Phi) is 13.5. The molecule has 0 bridgehead atoms. The van der Waals surface area contributed by atoms with E-state index in [1.807, 2.05) is 30.3 Å². The van der Waals surface area contributed by atoms with Crippen molar-refractivity contribution in [2.45, 2.75) is 82.6 Å².